The highest BCUT2D eigenvalue weighted by Crippen LogP contribution is 2.32. The lowest BCUT2D eigenvalue weighted by Crippen LogP contribution is -2.31. The van der Waals surface area contributed by atoms with E-state index < -0.39 is 0 Å². The first-order valence-corrected chi connectivity index (χ1v) is 11.2. The van der Waals surface area contributed by atoms with E-state index in [0.29, 0.717) is 46.0 Å². The number of pyridine rings is 1. The topological polar surface area (TPSA) is 75.9 Å². The molecule has 0 aliphatic carbocycles. The minimum Gasteiger partial charge on any atom is -0.383 e. The summed E-state index contributed by atoms with van der Waals surface area (Å²) in [5.74, 6) is 0.278. The van der Waals surface area contributed by atoms with E-state index in [0.717, 1.165) is 24.8 Å². The first-order valence-electron chi connectivity index (χ1n) is 9.98. The minimum absolute atomic E-state index is 0.215. The van der Waals surface area contributed by atoms with Crippen LogP contribution in [0.2, 0.25) is 0 Å². The fourth-order valence-electron chi connectivity index (χ4n) is 3.16. The quantitative estimate of drug-likeness (QED) is 0.359. The summed E-state index contributed by atoms with van der Waals surface area (Å²) in [6.45, 7) is 5.54. The van der Waals surface area contributed by atoms with Crippen LogP contribution in [-0.2, 0) is 9.53 Å². The second kappa shape index (κ2) is 10.2. The molecule has 2 aromatic rings. The first kappa shape index (κ1) is 22.5. The van der Waals surface area contributed by atoms with E-state index in [4.69, 9.17) is 21.9 Å². The summed E-state index contributed by atoms with van der Waals surface area (Å²) in [5.41, 5.74) is 1.65. The normalized spacial score (nSPS) is 15.6. The van der Waals surface area contributed by atoms with Crippen molar-refractivity contribution < 1.29 is 9.53 Å². The number of thioether (sulfide) groups is 1. The zero-order valence-electron chi connectivity index (χ0n) is 17.4. The molecular weight excluding hydrogens is 420 g/mol. The van der Waals surface area contributed by atoms with Gasteiger partial charge in [0.25, 0.3) is 11.5 Å². The predicted octanol–water partition coefficient (Wildman–Crippen LogP) is 3.45. The van der Waals surface area contributed by atoms with Crippen LogP contribution in [0.15, 0.2) is 28.0 Å². The molecule has 1 fully saturated rings. The molecule has 0 unspecified atom stereocenters. The lowest BCUT2D eigenvalue weighted by atomic mass is 10.2. The van der Waals surface area contributed by atoms with Gasteiger partial charge in [0.1, 0.15) is 15.8 Å². The van der Waals surface area contributed by atoms with Crippen molar-refractivity contribution >= 4 is 51.7 Å². The lowest BCUT2D eigenvalue weighted by molar-refractivity contribution is -0.122. The average molecular weight is 447 g/mol. The number of nitrogens with one attached hydrogen (secondary N) is 1. The highest BCUT2D eigenvalue weighted by Gasteiger charge is 2.32. The van der Waals surface area contributed by atoms with Gasteiger partial charge in [-0.15, -0.1) is 0 Å². The number of carbonyl (C=O) groups is 1. The molecule has 7 nitrogen and oxygen atoms in total. The molecular formula is C21H26N4O3S2. The predicted molar refractivity (Wildman–Crippen MR) is 126 cm³/mol. The number of fused-ring (bicyclic) bond motifs is 1. The van der Waals surface area contributed by atoms with Crippen LogP contribution in [0.3, 0.4) is 0 Å². The van der Waals surface area contributed by atoms with Crippen LogP contribution in [0.4, 0.5) is 5.82 Å². The van der Waals surface area contributed by atoms with Crippen molar-refractivity contribution in [3.63, 3.8) is 0 Å². The molecule has 0 spiro atoms. The Kier molecular flexibility index (Phi) is 7.63. The molecule has 160 valence electrons. The molecule has 3 rings (SSSR count). The van der Waals surface area contributed by atoms with Crippen LogP contribution in [0.5, 0.6) is 0 Å². The minimum atomic E-state index is -0.219. The zero-order valence-corrected chi connectivity index (χ0v) is 19.1. The first-order chi connectivity index (χ1) is 14.5. The van der Waals surface area contributed by atoms with Crippen LogP contribution in [0.25, 0.3) is 11.7 Å². The molecule has 1 aliphatic rings. The Hall–Kier alpha value is -2.23. The summed E-state index contributed by atoms with van der Waals surface area (Å²) in [7, 11) is 1.58. The Bertz CT molecular complexity index is 1050. The summed E-state index contributed by atoms with van der Waals surface area (Å²) >= 11 is 6.53. The van der Waals surface area contributed by atoms with Gasteiger partial charge in [-0.25, -0.2) is 4.98 Å². The number of unbranched alkanes of at least 4 members (excludes halogenated alkanes) is 2. The number of rotatable bonds is 9. The van der Waals surface area contributed by atoms with Crippen molar-refractivity contribution in [2.45, 2.75) is 33.1 Å². The van der Waals surface area contributed by atoms with Gasteiger partial charge in [0.2, 0.25) is 0 Å². The van der Waals surface area contributed by atoms with Gasteiger partial charge in [0.15, 0.2) is 0 Å². The zero-order chi connectivity index (χ0) is 21.7. The molecule has 1 aliphatic heterocycles. The van der Waals surface area contributed by atoms with Crippen molar-refractivity contribution in [1.82, 2.24) is 14.3 Å². The van der Waals surface area contributed by atoms with Gasteiger partial charge in [-0.1, -0.05) is 49.8 Å². The maximum absolute atomic E-state index is 13.3. The maximum Gasteiger partial charge on any atom is 0.267 e. The van der Waals surface area contributed by atoms with E-state index in [-0.39, 0.29) is 11.5 Å². The number of hydrogen-bond donors (Lipinski definition) is 1. The average Bonchev–Trinajstić information content (AvgIpc) is 2.99. The number of anilines is 1. The van der Waals surface area contributed by atoms with E-state index >= 15 is 0 Å². The highest BCUT2D eigenvalue weighted by atomic mass is 32.2. The highest BCUT2D eigenvalue weighted by molar-refractivity contribution is 8.26. The second-order valence-corrected chi connectivity index (χ2v) is 8.70. The Morgan fingerprint density at radius 1 is 1.33 bits per heavy atom. The molecule has 0 bridgehead atoms. The lowest BCUT2D eigenvalue weighted by Gasteiger charge is -2.13. The fraction of sp³-hybridized carbons (Fsp3) is 0.429. The summed E-state index contributed by atoms with van der Waals surface area (Å²) in [6, 6.07) is 3.73. The Balaban J connectivity index is 2.04. The Morgan fingerprint density at radius 3 is 2.87 bits per heavy atom. The van der Waals surface area contributed by atoms with Gasteiger partial charge in [0.05, 0.1) is 23.6 Å². The van der Waals surface area contributed by atoms with Gasteiger partial charge >= 0.3 is 0 Å². The third kappa shape index (κ3) is 4.74. The Labute approximate surface area is 185 Å². The summed E-state index contributed by atoms with van der Waals surface area (Å²) in [4.78, 5) is 32.7. The van der Waals surface area contributed by atoms with Gasteiger partial charge in [0, 0.05) is 19.9 Å². The number of hydrogen-bond acceptors (Lipinski definition) is 7. The van der Waals surface area contributed by atoms with E-state index in [2.05, 4.69) is 12.2 Å². The molecule has 1 amide bonds. The van der Waals surface area contributed by atoms with Gasteiger partial charge in [-0.05, 0) is 31.1 Å². The van der Waals surface area contributed by atoms with Gasteiger partial charge in [-0.3, -0.25) is 18.9 Å². The number of nitrogens with zero attached hydrogens (tertiary/aromatic N) is 3. The third-order valence-electron chi connectivity index (χ3n) is 4.83. The standard InChI is InChI=1S/C21H26N4O3S2/c1-4-5-6-9-22-17-15(19(26)24-10-7-8-14(2)18(24)23-17)13-16-20(27)25(11-12-28-3)21(29)30-16/h7-8,10,13,22H,4-6,9,11-12H2,1-3H3/b16-13+. The largest absolute Gasteiger partial charge is 0.383 e. The summed E-state index contributed by atoms with van der Waals surface area (Å²) < 4.78 is 7.04. The van der Waals surface area contributed by atoms with Crippen LogP contribution < -0.4 is 10.9 Å². The van der Waals surface area contributed by atoms with Crippen molar-refractivity contribution in [2.75, 3.05) is 32.1 Å². The van der Waals surface area contributed by atoms with E-state index in [1.807, 2.05) is 19.1 Å². The monoisotopic (exact) mass is 446 g/mol. The number of carbonyl (C=O) groups excluding carboxylic acids is 1. The second-order valence-electron chi connectivity index (χ2n) is 7.02. The number of thiocarbonyl (C=S) groups is 1. The van der Waals surface area contributed by atoms with Gasteiger partial charge in [-0.2, -0.15) is 0 Å². The molecule has 0 aromatic carbocycles. The van der Waals surface area contributed by atoms with Crippen molar-refractivity contribution in [3.05, 3.63) is 44.7 Å². The number of ether oxygens (including phenoxy) is 1. The van der Waals surface area contributed by atoms with Crippen molar-refractivity contribution in [1.29, 1.82) is 0 Å². The van der Waals surface area contributed by atoms with E-state index in [1.54, 1.807) is 19.4 Å². The molecule has 1 N–H and O–H groups in total. The van der Waals surface area contributed by atoms with Crippen LogP contribution in [0.1, 0.15) is 37.3 Å². The molecule has 1 saturated heterocycles. The molecule has 30 heavy (non-hydrogen) atoms. The van der Waals surface area contributed by atoms with Crippen LogP contribution in [0, 0.1) is 6.92 Å². The molecule has 0 radical (unpaired) electrons. The number of amides is 1. The third-order valence-corrected chi connectivity index (χ3v) is 6.20. The molecule has 9 heteroatoms. The van der Waals surface area contributed by atoms with Crippen LogP contribution >= 0.6 is 24.0 Å². The van der Waals surface area contributed by atoms with Gasteiger partial charge < -0.3 is 10.1 Å². The summed E-state index contributed by atoms with van der Waals surface area (Å²) in [5, 5.41) is 3.30. The van der Waals surface area contributed by atoms with Crippen LogP contribution in [-0.4, -0.2) is 51.3 Å². The molecule has 3 heterocycles. The Morgan fingerprint density at radius 2 is 2.13 bits per heavy atom. The number of aromatic nitrogens is 2. The SMILES string of the molecule is CCCCCNc1nc2c(C)cccn2c(=O)c1/C=C1/SC(=S)N(CCOC)C1=O. The molecule has 2 aromatic heterocycles. The van der Waals surface area contributed by atoms with Crippen molar-refractivity contribution in [2.24, 2.45) is 0 Å². The van der Waals surface area contributed by atoms with E-state index in [1.165, 1.54) is 21.1 Å². The number of methoxy groups -OCH3 is 1. The van der Waals surface area contributed by atoms with Crippen molar-refractivity contribution in [3.8, 4) is 0 Å². The maximum atomic E-state index is 13.3. The smallest absolute Gasteiger partial charge is 0.267 e. The molecule has 0 atom stereocenters. The summed E-state index contributed by atoms with van der Waals surface area (Å²) in [6.07, 6.45) is 6.47. The number of aryl methyl sites for hydroxylation is 1. The van der Waals surface area contributed by atoms with E-state index in [9.17, 15) is 9.59 Å². The fourth-order valence-corrected chi connectivity index (χ4v) is 4.46. The molecule has 0 saturated carbocycles.